The van der Waals surface area contributed by atoms with Crippen molar-refractivity contribution < 1.29 is 14.7 Å². The molecule has 0 radical (unpaired) electrons. The average Bonchev–Trinajstić information content (AvgIpc) is 2.65. The SMILES string of the molecule is CN(CC(=O)O)C(=O)CCn1cncn1. The minimum Gasteiger partial charge on any atom is -0.480 e. The molecular formula is C8H12N4O3. The van der Waals surface area contributed by atoms with Gasteiger partial charge >= 0.3 is 5.97 Å². The van der Waals surface area contributed by atoms with Crippen molar-refractivity contribution in [1.82, 2.24) is 19.7 Å². The second-order valence-electron chi connectivity index (χ2n) is 3.05. The summed E-state index contributed by atoms with van der Waals surface area (Å²) in [4.78, 5) is 26.6. The number of aryl methyl sites for hydroxylation is 1. The molecule has 15 heavy (non-hydrogen) atoms. The van der Waals surface area contributed by atoms with Gasteiger partial charge in [0.05, 0.1) is 6.54 Å². The third kappa shape index (κ3) is 3.75. The molecule has 1 rings (SSSR count). The maximum absolute atomic E-state index is 11.4. The molecule has 0 bridgehead atoms. The van der Waals surface area contributed by atoms with Gasteiger partial charge < -0.3 is 10.0 Å². The van der Waals surface area contributed by atoms with E-state index in [0.717, 1.165) is 0 Å². The van der Waals surface area contributed by atoms with Gasteiger partial charge in [-0.2, -0.15) is 5.10 Å². The molecule has 1 N–H and O–H groups in total. The molecule has 0 saturated heterocycles. The maximum atomic E-state index is 11.4. The van der Waals surface area contributed by atoms with Gasteiger partial charge in [0.15, 0.2) is 0 Å². The first-order valence-corrected chi connectivity index (χ1v) is 4.38. The highest BCUT2D eigenvalue weighted by molar-refractivity contribution is 5.80. The van der Waals surface area contributed by atoms with Crippen molar-refractivity contribution in [3.63, 3.8) is 0 Å². The summed E-state index contributed by atoms with van der Waals surface area (Å²) >= 11 is 0. The molecule has 1 aromatic rings. The molecule has 1 heterocycles. The molecule has 0 aliphatic heterocycles. The lowest BCUT2D eigenvalue weighted by Gasteiger charge is -2.13. The highest BCUT2D eigenvalue weighted by atomic mass is 16.4. The van der Waals surface area contributed by atoms with E-state index in [2.05, 4.69) is 10.1 Å². The van der Waals surface area contributed by atoms with Crippen LogP contribution in [0.15, 0.2) is 12.7 Å². The number of carbonyl (C=O) groups is 2. The third-order valence-electron chi connectivity index (χ3n) is 1.82. The van der Waals surface area contributed by atoms with E-state index in [9.17, 15) is 9.59 Å². The van der Waals surface area contributed by atoms with Gasteiger partial charge in [0.2, 0.25) is 5.91 Å². The molecule has 82 valence electrons. The molecule has 0 spiro atoms. The summed E-state index contributed by atoms with van der Waals surface area (Å²) in [6.45, 7) is 0.124. The van der Waals surface area contributed by atoms with Crippen molar-refractivity contribution in [3.8, 4) is 0 Å². The van der Waals surface area contributed by atoms with Crippen LogP contribution in [0, 0.1) is 0 Å². The van der Waals surface area contributed by atoms with Gasteiger partial charge in [0.25, 0.3) is 0 Å². The molecule has 0 aliphatic rings. The second kappa shape index (κ2) is 5.08. The minimum atomic E-state index is -1.02. The monoisotopic (exact) mass is 212 g/mol. The van der Waals surface area contributed by atoms with Crippen LogP contribution in [0.2, 0.25) is 0 Å². The van der Waals surface area contributed by atoms with Crippen LogP contribution < -0.4 is 0 Å². The Bertz CT molecular complexity index is 336. The summed E-state index contributed by atoms with van der Waals surface area (Å²) in [7, 11) is 1.46. The summed E-state index contributed by atoms with van der Waals surface area (Å²) in [6, 6.07) is 0. The molecule has 1 amide bonds. The van der Waals surface area contributed by atoms with Crippen LogP contribution in [-0.2, 0) is 16.1 Å². The van der Waals surface area contributed by atoms with Gasteiger partial charge in [0.1, 0.15) is 19.2 Å². The molecule has 7 nitrogen and oxygen atoms in total. The smallest absolute Gasteiger partial charge is 0.323 e. The average molecular weight is 212 g/mol. The first kappa shape index (κ1) is 11.2. The number of carbonyl (C=O) groups excluding carboxylic acids is 1. The van der Waals surface area contributed by atoms with Gasteiger partial charge in [0, 0.05) is 13.5 Å². The van der Waals surface area contributed by atoms with E-state index in [1.54, 1.807) is 0 Å². The standard InChI is InChI=1S/C8H12N4O3/c1-11(4-8(14)15)7(13)2-3-12-6-9-5-10-12/h5-6H,2-4H2,1H3,(H,14,15). The Kier molecular flexibility index (Phi) is 3.78. The van der Waals surface area contributed by atoms with Gasteiger partial charge in [-0.3, -0.25) is 14.3 Å². The van der Waals surface area contributed by atoms with Crippen molar-refractivity contribution in [2.45, 2.75) is 13.0 Å². The largest absolute Gasteiger partial charge is 0.480 e. The topological polar surface area (TPSA) is 88.3 Å². The van der Waals surface area contributed by atoms with Crippen LogP contribution in [0.4, 0.5) is 0 Å². The predicted octanol–water partition coefficient (Wildman–Crippen LogP) is -0.789. The fraction of sp³-hybridized carbons (Fsp3) is 0.500. The molecule has 7 heteroatoms. The normalized spacial score (nSPS) is 9.93. The number of carboxylic acids is 1. The molecule has 0 atom stereocenters. The van der Waals surface area contributed by atoms with E-state index in [1.165, 1.54) is 29.3 Å². The summed E-state index contributed by atoms with van der Waals surface area (Å²) in [5.41, 5.74) is 0. The van der Waals surface area contributed by atoms with Gasteiger partial charge in [-0.05, 0) is 0 Å². The Balaban J connectivity index is 2.32. The number of carboxylic acid groups (broad SMARTS) is 1. The fourth-order valence-electron chi connectivity index (χ4n) is 1.04. The number of likely N-dealkylation sites (N-methyl/N-ethyl adjacent to an activating group) is 1. The van der Waals surface area contributed by atoms with E-state index < -0.39 is 5.97 Å². The van der Waals surface area contributed by atoms with Gasteiger partial charge in [-0.25, -0.2) is 4.98 Å². The van der Waals surface area contributed by atoms with Crippen LogP contribution >= 0.6 is 0 Å². The van der Waals surface area contributed by atoms with E-state index in [-0.39, 0.29) is 18.9 Å². The fourth-order valence-corrected chi connectivity index (χ4v) is 1.04. The van der Waals surface area contributed by atoms with Crippen LogP contribution in [0.3, 0.4) is 0 Å². The van der Waals surface area contributed by atoms with Crippen LogP contribution in [-0.4, -0.2) is 50.2 Å². The number of aliphatic carboxylic acids is 1. The van der Waals surface area contributed by atoms with Crippen LogP contribution in [0.25, 0.3) is 0 Å². The summed E-state index contributed by atoms with van der Waals surface area (Å²) in [5.74, 6) is -1.25. The Labute approximate surface area is 86.3 Å². The van der Waals surface area contributed by atoms with E-state index >= 15 is 0 Å². The molecule has 0 saturated carbocycles. The summed E-state index contributed by atoms with van der Waals surface area (Å²) in [6.07, 6.45) is 3.10. The summed E-state index contributed by atoms with van der Waals surface area (Å²) in [5, 5.41) is 12.3. The highest BCUT2D eigenvalue weighted by Crippen LogP contribution is 1.93. The lowest BCUT2D eigenvalue weighted by molar-refractivity contribution is -0.143. The third-order valence-corrected chi connectivity index (χ3v) is 1.82. The summed E-state index contributed by atoms with van der Waals surface area (Å²) < 4.78 is 1.52. The van der Waals surface area contributed by atoms with E-state index in [4.69, 9.17) is 5.11 Å². The van der Waals surface area contributed by atoms with Gasteiger partial charge in [-0.15, -0.1) is 0 Å². The van der Waals surface area contributed by atoms with Crippen LogP contribution in [0.5, 0.6) is 0 Å². The highest BCUT2D eigenvalue weighted by Gasteiger charge is 2.11. The zero-order chi connectivity index (χ0) is 11.3. The Morgan fingerprint density at radius 2 is 2.27 bits per heavy atom. The quantitative estimate of drug-likeness (QED) is 0.691. The predicted molar refractivity (Wildman–Crippen MR) is 49.9 cm³/mol. The van der Waals surface area contributed by atoms with Crippen molar-refractivity contribution in [2.75, 3.05) is 13.6 Å². The number of rotatable bonds is 5. The van der Waals surface area contributed by atoms with Crippen molar-refractivity contribution in [2.24, 2.45) is 0 Å². The zero-order valence-electron chi connectivity index (χ0n) is 8.33. The molecule has 0 unspecified atom stereocenters. The van der Waals surface area contributed by atoms with Crippen molar-refractivity contribution >= 4 is 11.9 Å². The first-order chi connectivity index (χ1) is 7.09. The Hall–Kier alpha value is -1.92. The minimum absolute atomic E-state index is 0.215. The number of aromatic nitrogens is 3. The lowest BCUT2D eigenvalue weighted by atomic mass is 10.3. The lowest BCUT2D eigenvalue weighted by Crippen LogP contribution is -2.32. The number of hydrogen-bond donors (Lipinski definition) is 1. The number of nitrogens with zero attached hydrogens (tertiary/aromatic N) is 4. The number of amides is 1. The Morgan fingerprint density at radius 1 is 1.53 bits per heavy atom. The van der Waals surface area contributed by atoms with Crippen molar-refractivity contribution in [3.05, 3.63) is 12.7 Å². The van der Waals surface area contributed by atoms with Crippen LogP contribution in [0.1, 0.15) is 6.42 Å². The number of hydrogen-bond acceptors (Lipinski definition) is 4. The van der Waals surface area contributed by atoms with Gasteiger partial charge in [-0.1, -0.05) is 0 Å². The maximum Gasteiger partial charge on any atom is 0.323 e. The molecular weight excluding hydrogens is 200 g/mol. The second-order valence-corrected chi connectivity index (χ2v) is 3.05. The molecule has 0 fully saturated rings. The molecule has 0 aromatic carbocycles. The zero-order valence-corrected chi connectivity index (χ0v) is 8.33. The Morgan fingerprint density at radius 3 is 2.80 bits per heavy atom. The van der Waals surface area contributed by atoms with Crippen molar-refractivity contribution in [1.29, 1.82) is 0 Å². The molecule has 0 aliphatic carbocycles. The molecule has 1 aromatic heterocycles. The van der Waals surface area contributed by atoms with E-state index in [0.29, 0.717) is 6.54 Å². The van der Waals surface area contributed by atoms with E-state index in [1.807, 2.05) is 0 Å². The first-order valence-electron chi connectivity index (χ1n) is 4.38.